The van der Waals surface area contributed by atoms with Crippen molar-refractivity contribution in [2.24, 2.45) is 0 Å². The van der Waals surface area contributed by atoms with Gasteiger partial charge in [0.15, 0.2) is 5.82 Å². The summed E-state index contributed by atoms with van der Waals surface area (Å²) in [6.45, 7) is 5.84. The van der Waals surface area contributed by atoms with E-state index in [9.17, 15) is 13.2 Å². The topological polar surface area (TPSA) is 153 Å². The van der Waals surface area contributed by atoms with E-state index in [0.717, 1.165) is 19.1 Å². The first-order valence-corrected chi connectivity index (χ1v) is 13.6. The van der Waals surface area contributed by atoms with Crippen LogP contribution in [0.25, 0.3) is 22.6 Å². The molecule has 11 nitrogen and oxygen atoms in total. The van der Waals surface area contributed by atoms with Crippen molar-refractivity contribution in [1.82, 2.24) is 24.8 Å². The fraction of sp³-hybridized carbons (Fsp3) is 0.417. The number of nitrogens with one attached hydrogen (secondary N) is 3. The van der Waals surface area contributed by atoms with Crippen LogP contribution in [0.3, 0.4) is 0 Å². The number of sulfonamides is 1. The van der Waals surface area contributed by atoms with E-state index in [4.69, 9.17) is 10.1 Å². The first-order chi connectivity index (χ1) is 17.3. The van der Waals surface area contributed by atoms with Crippen LogP contribution in [0.5, 0.6) is 0 Å². The minimum absolute atomic E-state index is 0.154. The Bertz CT molecular complexity index is 1450. The number of H-pyrrole nitrogens is 1. The van der Waals surface area contributed by atoms with E-state index in [1.165, 1.54) is 24.2 Å². The number of aromatic nitrogens is 4. The zero-order valence-electron chi connectivity index (χ0n) is 21.3. The van der Waals surface area contributed by atoms with E-state index >= 15 is 4.39 Å². The molecule has 3 aromatic rings. The molecule has 198 valence electrons. The number of hydrogen-bond donors (Lipinski definition) is 4. The summed E-state index contributed by atoms with van der Waals surface area (Å²) < 4.78 is 41.5. The fourth-order valence-corrected chi connectivity index (χ4v) is 4.38. The second kappa shape index (κ2) is 9.61. The highest BCUT2D eigenvalue weighted by Gasteiger charge is 2.43. The Balaban J connectivity index is 1.76. The van der Waals surface area contributed by atoms with Crippen LogP contribution in [-0.2, 0) is 15.4 Å². The van der Waals surface area contributed by atoms with Crippen LogP contribution in [0.2, 0.25) is 0 Å². The van der Waals surface area contributed by atoms with Crippen molar-refractivity contribution in [3.63, 3.8) is 0 Å². The molecule has 0 saturated heterocycles. The predicted octanol–water partition coefficient (Wildman–Crippen LogP) is 3.81. The zero-order chi connectivity index (χ0) is 27.1. The van der Waals surface area contributed by atoms with Crippen LogP contribution in [-0.4, -0.2) is 70.3 Å². The van der Waals surface area contributed by atoms with Gasteiger partial charge in [-0.3, -0.25) is 4.72 Å². The summed E-state index contributed by atoms with van der Waals surface area (Å²) in [4.78, 5) is 29.2. The molecule has 0 radical (unpaired) electrons. The lowest BCUT2D eigenvalue weighted by atomic mass is 10.0. The number of halogens is 1. The van der Waals surface area contributed by atoms with Crippen molar-refractivity contribution in [3.8, 4) is 22.6 Å². The Morgan fingerprint density at radius 3 is 2.65 bits per heavy atom. The van der Waals surface area contributed by atoms with Crippen molar-refractivity contribution in [1.29, 1.82) is 0 Å². The third-order valence-electron chi connectivity index (χ3n) is 6.47. The minimum Gasteiger partial charge on any atom is -0.465 e. The standard InChI is InChI=1S/C24H30FN7O4S/c1-13-10-15(18(25)17(11-13)31-37(5,35)36)19-20(30-21(29-19)24(3)7-8-24)16-6-9-26-22(28-16)27-12-14(2)32(4)23(33)34/h6,9-11,14,31H,7-8,12H2,1-5H3,(H,29,30)(H,33,34)(H,26,27,28)/t14-/m0/s1. The molecule has 1 atom stereocenters. The molecule has 1 fully saturated rings. The maximum absolute atomic E-state index is 15.6. The van der Waals surface area contributed by atoms with Gasteiger partial charge in [-0.2, -0.15) is 0 Å². The molecule has 2 aromatic heterocycles. The van der Waals surface area contributed by atoms with Gasteiger partial charge < -0.3 is 20.3 Å². The second-order valence-electron chi connectivity index (χ2n) is 9.81. The van der Waals surface area contributed by atoms with Crippen molar-refractivity contribution in [2.75, 3.05) is 29.9 Å². The SMILES string of the molecule is Cc1cc(NS(C)(=O)=O)c(F)c(-c2[nH]c(C3(C)CC3)nc2-c2ccnc(NC[C@H](C)N(C)C(=O)O)n2)c1. The van der Waals surface area contributed by atoms with Crippen LogP contribution in [0, 0.1) is 12.7 Å². The number of hydrogen-bond acceptors (Lipinski definition) is 7. The summed E-state index contributed by atoms with van der Waals surface area (Å²) in [6.07, 6.45) is 3.32. The Labute approximate surface area is 214 Å². The lowest BCUT2D eigenvalue weighted by Gasteiger charge is -2.21. The molecule has 1 amide bonds. The normalized spacial score (nSPS) is 15.2. The molecule has 0 bridgehead atoms. The molecule has 1 saturated carbocycles. The van der Waals surface area contributed by atoms with Gasteiger partial charge in [-0.05, 0) is 50.5 Å². The highest BCUT2D eigenvalue weighted by molar-refractivity contribution is 7.92. The van der Waals surface area contributed by atoms with E-state index in [1.54, 1.807) is 26.0 Å². The first kappa shape index (κ1) is 26.3. The van der Waals surface area contributed by atoms with Crippen molar-refractivity contribution < 1.29 is 22.7 Å². The summed E-state index contributed by atoms with van der Waals surface area (Å²) in [6, 6.07) is 4.37. The molecule has 1 aliphatic carbocycles. The lowest BCUT2D eigenvalue weighted by molar-refractivity contribution is 0.144. The third kappa shape index (κ3) is 5.82. The number of amides is 1. The highest BCUT2D eigenvalue weighted by Crippen LogP contribution is 2.48. The number of rotatable bonds is 9. The number of likely N-dealkylation sites (N-methyl/N-ethyl adjacent to an activating group) is 1. The van der Waals surface area contributed by atoms with Crippen molar-refractivity contribution in [3.05, 3.63) is 41.6 Å². The summed E-state index contributed by atoms with van der Waals surface area (Å²) in [7, 11) is -2.22. The van der Waals surface area contributed by atoms with Crippen molar-refractivity contribution >= 4 is 27.8 Å². The maximum atomic E-state index is 15.6. The molecule has 0 unspecified atom stereocenters. The summed E-state index contributed by atoms with van der Waals surface area (Å²) >= 11 is 0. The van der Waals surface area contributed by atoms with Gasteiger partial charge in [0.2, 0.25) is 16.0 Å². The van der Waals surface area contributed by atoms with E-state index in [0.29, 0.717) is 28.5 Å². The number of benzene rings is 1. The molecular weight excluding hydrogens is 501 g/mol. The molecule has 13 heteroatoms. The molecular formula is C24H30FN7O4S. The van der Waals surface area contributed by atoms with Crippen LogP contribution in [0.1, 0.15) is 38.1 Å². The van der Waals surface area contributed by atoms with Gasteiger partial charge in [0.1, 0.15) is 11.5 Å². The predicted molar refractivity (Wildman–Crippen MR) is 139 cm³/mol. The van der Waals surface area contributed by atoms with E-state index in [2.05, 4.69) is 31.9 Å². The van der Waals surface area contributed by atoms with E-state index in [1.807, 2.05) is 0 Å². The van der Waals surface area contributed by atoms with Crippen LogP contribution < -0.4 is 10.0 Å². The number of imidazole rings is 1. The largest absolute Gasteiger partial charge is 0.465 e. The molecule has 4 rings (SSSR count). The van der Waals surface area contributed by atoms with E-state index in [-0.39, 0.29) is 35.2 Å². The lowest BCUT2D eigenvalue weighted by Crippen LogP contribution is -2.38. The molecule has 1 aromatic carbocycles. The van der Waals surface area contributed by atoms with Crippen LogP contribution >= 0.6 is 0 Å². The smallest absolute Gasteiger partial charge is 0.407 e. The van der Waals surface area contributed by atoms with Gasteiger partial charge in [-0.25, -0.2) is 32.6 Å². The Kier molecular flexibility index (Phi) is 6.84. The third-order valence-corrected chi connectivity index (χ3v) is 7.06. The average Bonchev–Trinajstić information content (AvgIpc) is 3.41. The molecule has 0 spiro atoms. The van der Waals surface area contributed by atoms with Gasteiger partial charge in [0.25, 0.3) is 0 Å². The summed E-state index contributed by atoms with van der Waals surface area (Å²) in [5.74, 6) is 0.229. The summed E-state index contributed by atoms with van der Waals surface area (Å²) in [5, 5.41) is 12.2. The molecule has 1 aliphatic rings. The monoisotopic (exact) mass is 531 g/mol. The Hall–Kier alpha value is -3.74. The van der Waals surface area contributed by atoms with Gasteiger partial charge in [-0.1, -0.05) is 6.92 Å². The average molecular weight is 532 g/mol. The molecule has 37 heavy (non-hydrogen) atoms. The fourth-order valence-electron chi connectivity index (χ4n) is 3.83. The molecule has 4 N–H and O–H groups in total. The number of aryl methyl sites for hydroxylation is 1. The zero-order valence-corrected chi connectivity index (χ0v) is 22.1. The van der Waals surface area contributed by atoms with Gasteiger partial charge >= 0.3 is 6.09 Å². The first-order valence-electron chi connectivity index (χ1n) is 11.7. The Morgan fingerprint density at radius 2 is 2.03 bits per heavy atom. The molecule has 2 heterocycles. The number of nitrogens with zero attached hydrogens (tertiary/aromatic N) is 4. The van der Waals surface area contributed by atoms with Gasteiger partial charge in [0, 0.05) is 36.8 Å². The summed E-state index contributed by atoms with van der Waals surface area (Å²) in [5.41, 5.74) is 1.71. The maximum Gasteiger partial charge on any atom is 0.407 e. The van der Waals surface area contributed by atoms with E-state index < -0.39 is 21.9 Å². The number of carbonyl (C=O) groups is 1. The second-order valence-corrected chi connectivity index (χ2v) is 11.6. The number of carboxylic acid groups (broad SMARTS) is 1. The molecule has 0 aliphatic heterocycles. The minimum atomic E-state index is -3.70. The van der Waals surface area contributed by atoms with Crippen LogP contribution in [0.4, 0.5) is 20.8 Å². The quantitative estimate of drug-likeness (QED) is 0.325. The Morgan fingerprint density at radius 1 is 1.32 bits per heavy atom. The number of anilines is 2. The van der Waals surface area contributed by atoms with Crippen molar-refractivity contribution in [2.45, 2.75) is 45.1 Å². The number of aromatic amines is 1. The highest BCUT2D eigenvalue weighted by atomic mass is 32.2. The van der Waals surface area contributed by atoms with Gasteiger partial charge in [-0.15, -0.1) is 0 Å². The van der Waals surface area contributed by atoms with Gasteiger partial charge in [0.05, 0.1) is 23.3 Å². The van der Waals surface area contributed by atoms with Crippen LogP contribution in [0.15, 0.2) is 24.4 Å².